The Morgan fingerprint density at radius 3 is 2.60 bits per heavy atom. The van der Waals surface area contributed by atoms with Crippen LogP contribution in [0, 0.1) is 0 Å². The summed E-state index contributed by atoms with van der Waals surface area (Å²) in [6.45, 7) is 5.30. The molecule has 0 aliphatic rings. The van der Waals surface area contributed by atoms with Crippen molar-refractivity contribution in [3.05, 3.63) is 27.8 Å². The zero-order valence-electron chi connectivity index (χ0n) is 14.7. The van der Waals surface area contributed by atoms with Gasteiger partial charge in [0, 0.05) is 12.6 Å². The fraction of sp³-hybridized carbons (Fsp3) is 0.444. The van der Waals surface area contributed by atoms with Crippen molar-refractivity contribution in [1.82, 2.24) is 9.97 Å². The first-order valence-electron chi connectivity index (χ1n) is 8.41. The lowest BCUT2D eigenvalue weighted by atomic mass is 10.1. The number of benzene rings is 1. The van der Waals surface area contributed by atoms with E-state index in [9.17, 15) is 0 Å². The SMILES string of the molecule is CCCCCOc1nc(Br)c(-c2ccc(OCC)cc2Cl)nc1NC. The van der Waals surface area contributed by atoms with Crippen molar-refractivity contribution in [1.29, 1.82) is 0 Å². The minimum Gasteiger partial charge on any atom is -0.494 e. The van der Waals surface area contributed by atoms with Crippen LogP contribution in [0.3, 0.4) is 0 Å². The molecule has 2 rings (SSSR count). The van der Waals surface area contributed by atoms with Gasteiger partial charge in [-0.2, -0.15) is 0 Å². The molecule has 0 radical (unpaired) electrons. The van der Waals surface area contributed by atoms with Gasteiger partial charge >= 0.3 is 0 Å². The quantitative estimate of drug-likeness (QED) is 0.529. The molecule has 0 aliphatic carbocycles. The van der Waals surface area contributed by atoms with Gasteiger partial charge in [-0.15, -0.1) is 0 Å². The van der Waals surface area contributed by atoms with Gasteiger partial charge in [-0.3, -0.25) is 0 Å². The van der Waals surface area contributed by atoms with Crippen LogP contribution in [0.5, 0.6) is 11.6 Å². The summed E-state index contributed by atoms with van der Waals surface area (Å²) >= 11 is 9.89. The minimum atomic E-state index is 0.483. The van der Waals surface area contributed by atoms with Crippen LogP contribution in [-0.2, 0) is 0 Å². The highest BCUT2D eigenvalue weighted by molar-refractivity contribution is 9.10. The second-order valence-electron chi connectivity index (χ2n) is 5.40. The molecule has 25 heavy (non-hydrogen) atoms. The van der Waals surface area contributed by atoms with Gasteiger partial charge < -0.3 is 14.8 Å². The predicted molar refractivity (Wildman–Crippen MR) is 106 cm³/mol. The van der Waals surface area contributed by atoms with Gasteiger partial charge in [-0.1, -0.05) is 31.4 Å². The number of ether oxygens (including phenoxy) is 2. The first-order chi connectivity index (χ1) is 12.1. The Morgan fingerprint density at radius 1 is 1.16 bits per heavy atom. The van der Waals surface area contributed by atoms with E-state index in [1.54, 1.807) is 13.1 Å². The molecule has 0 saturated heterocycles. The highest BCUT2D eigenvalue weighted by Crippen LogP contribution is 2.36. The highest BCUT2D eigenvalue weighted by Gasteiger charge is 2.16. The maximum absolute atomic E-state index is 6.41. The molecule has 0 bridgehead atoms. The van der Waals surface area contributed by atoms with Crippen LogP contribution in [0.1, 0.15) is 33.1 Å². The van der Waals surface area contributed by atoms with Gasteiger partial charge in [0.15, 0.2) is 5.82 Å². The van der Waals surface area contributed by atoms with E-state index in [1.807, 2.05) is 19.1 Å². The molecule has 0 unspecified atom stereocenters. The summed E-state index contributed by atoms with van der Waals surface area (Å²) in [7, 11) is 1.79. The number of rotatable bonds is 9. The summed E-state index contributed by atoms with van der Waals surface area (Å²) in [5.74, 6) is 1.79. The van der Waals surface area contributed by atoms with Gasteiger partial charge in [0.2, 0.25) is 0 Å². The van der Waals surface area contributed by atoms with E-state index >= 15 is 0 Å². The molecule has 0 spiro atoms. The second kappa shape index (κ2) is 9.82. The lowest BCUT2D eigenvalue weighted by Gasteiger charge is -2.13. The van der Waals surface area contributed by atoms with Crippen molar-refractivity contribution in [2.24, 2.45) is 0 Å². The standard InChI is InChI=1S/C18H23BrClN3O2/c1-4-6-7-10-25-18-17(21-3)22-15(16(19)23-18)13-9-8-12(24-5-2)11-14(13)20/h8-9,11H,4-7,10H2,1-3H3,(H,21,22). The highest BCUT2D eigenvalue weighted by atomic mass is 79.9. The predicted octanol–water partition coefficient (Wildman–Crippen LogP) is 5.57. The van der Waals surface area contributed by atoms with Gasteiger partial charge in [0.25, 0.3) is 5.88 Å². The molecule has 5 nitrogen and oxygen atoms in total. The zero-order chi connectivity index (χ0) is 18.2. The molecule has 0 amide bonds. The maximum Gasteiger partial charge on any atom is 0.258 e. The first kappa shape index (κ1) is 19.8. The molecule has 136 valence electrons. The Balaban J connectivity index is 2.30. The summed E-state index contributed by atoms with van der Waals surface area (Å²) < 4.78 is 11.8. The third-order valence-electron chi connectivity index (χ3n) is 3.55. The number of hydrogen-bond acceptors (Lipinski definition) is 5. The van der Waals surface area contributed by atoms with E-state index < -0.39 is 0 Å². The van der Waals surface area contributed by atoms with E-state index in [1.165, 1.54) is 0 Å². The molecule has 0 atom stereocenters. The topological polar surface area (TPSA) is 56.3 Å². The Bertz CT molecular complexity index is 713. The van der Waals surface area contributed by atoms with E-state index in [-0.39, 0.29) is 0 Å². The van der Waals surface area contributed by atoms with Crippen LogP contribution in [0.2, 0.25) is 5.02 Å². The average Bonchev–Trinajstić information content (AvgIpc) is 2.60. The minimum absolute atomic E-state index is 0.483. The Morgan fingerprint density at radius 2 is 1.96 bits per heavy atom. The molecule has 2 aromatic rings. The lowest BCUT2D eigenvalue weighted by molar-refractivity contribution is 0.295. The van der Waals surface area contributed by atoms with Crippen molar-refractivity contribution in [3.8, 4) is 22.9 Å². The zero-order valence-corrected chi connectivity index (χ0v) is 17.1. The lowest BCUT2D eigenvalue weighted by Crippen LogP contribution is -2.06. The van der Waals surface area contributed by atoms with Gasteiger partial charge in [-0.05, 0) is 47.5 Å². The number of aromatic nitrogens is 2. The molecule has 7 heteroatoms. The van der Waals surface area contributed by atoms with Crippen molar-refractivity contribution in [2.75, 3.05) is 25.6 Å². The number of nitrogens with zero attached hydrogens (tertiary/aromatic N) is 2. The molecule has 1 N–H and O–H groups in total. The van der Waals surface area contributed by atoms with Gasteiger partial charge in [0.05, 0.1) is 18.2 Å². The summed E-state index contributed by atoms with van der Waals surface area (Å²) in [6, 6.07) is 5.53. The monoisotopic (exact) mass is 427 g/mol. The Kier molecular flexibility index (Phi) is 7.78. The van der Waals surface area contributed by atoms with Gasteiger partial charge in [-0.25, -0.2) is 9.97 Å². The van der Waals surface area contributed by atoms with Crippen molar-refractivity contribution >= 4 is 33.3 Å². The molecule has 0 saturated carbocycles. The van der Waals surface area contributed by atoms with E-state index in [0.29, 0.717) is 40.2 Å². The van der Waals surface area contributed by atoms with E-state index in [4.69, 9.17) is 21.1 Å². The first-order valence-corrected chi connectivity index (χ1v) is 9.58. The van der Waals surface area contributed by atoms with Crippen LogP contribution < -0.4 is 14.8 Å². The number of hydrogen-bond donors (Lipinski definition) is 1. The second-order valence-corrected chi connectivity index (χ2v) is 6.56. The molecule has 0 aliphatic heterocycles. The summed E-state index contributed by atoms with van der Waals surface area (Å²) in [5, 5.41) is 3.59. The molecule has 1 heterocycles. The normalized spacial score (nSPS) is 10.6. The summed E-state index contributed by atoms with van der Waals surface area (Å²) in [5.41, 5.74) is 1.43. The fourth-order valence-corrected chi connectivity index (χ4v) is 3.02. The number of nitrogens with one attached hydrogen (secondary N) is 1. The fourth-order valence-electron chi connectivity index (χ4n) is 2.30. The van der Waals surface area contributed by atoms with Crippen molar-refractivity contribution in [2.45, 2.75) is 33.1 Å². The van der Waals surface area contributed by atoms with Crippen LogP contribution in [-0.4, -0.2) is 30.2 Å². The molecule has 1 aromatic carbocycles. The largest absolute Gasteiger partial charge is 0.494 e. The average molecular weight is 429 g/mol. The number of unbranched alkanes of at least 4 members (excludes halogenated alkanes) is 2. The molecular weight excluding hydrogens is 406 g/mol. The number of halogens is 2. The summed E-state index contributed by atoms with van der Waals surface area (Å²) in [6.07, 6.45) is 3.27. The Hall–Kier alpha value is -1.53. The van der Waals surface area contributed by atoms with E-state index in [0.717, 1.165) is 30.6 Å². The van der Waals surface area contributed by atoms with Gasteiger partial charge in [0.1, 0.15) is 16.0 Å². The Labute approximate surface area is 162 Å². The van der Waals surface area contributed by atoms with Crippen LogP contribution >= 0.6 is 27.5 Å². The third-order valence-corrected chi connectivity index (χ3v) is 4.42. The van der Waals surface area contributed by atoms with Crippen molar-refractivity contribution < 1.29 is 9.47 Å². The smallest absolute Gasteiger partial charge is 0.258 e. The third kappa shape index (κ3) is 5.22. The summed E-state index contributed by atoms with van der Waals surface area (Å²) in [4.78, 5) is 9.12. The molecule has 1 aromatic heterocycles. The van der Waals surface area contributed by atoms with Crippen LogP contribution in [0.15, 0.2) is 22.8 Å². The van der Waals surface area contributed by atoms with Crippen LogP contribution in [0.4, 0.5) is 5.82 Å². The van der Waals surface area contributed by atoms with Crippen LogP contribution in [0.25, 0.3) is 11.3 Å². The van der Waals surface area contributed by atoms with E-state index in [2.05, 4.69) is 38.1 Å². The molecule has 0 fully saturated rings. The van der Waals surface area contributed by atoms with Crippen molar-refractivity contribution in [3.63, 3.8) is 0 Å². The maximum atomic E-state index is 6.41. The number of anilines is 1. The molecular formula is C18H23BrClN3O2.